The van der Waals surface area contributed by atoms with Gasteiger partial charge in [0.1, 0.15) is 0 Å². The lowest BCUT2D eigenvalue weighted by atomic mass is 9.93. The van der Waals surface area contributed by atoms with E-state index in [0.717, 1.165) is 57.3 Å². The molecule has 1 aliphatic carbocycles. The zero-order valence-electron chi connectivity index (χ0n) is 15.6. The maximum atomic E-state index is 13.0. The first-order valence-corrected chi connectivity index (χ1v) is 11.0. The van der Waals surface area contributed by atoms with E-state index >= 15 is 0 Å². The van der Waals surface area contributed by atoms with Gasteiger partial charge in [0, 0.05) is 24.7 Å². The van der Waals surface area contributed by atoms with Crippen molar-refractivity contribution >= 4 is 15.9 Å². The van der Waals surface area contributed by atoms with E-state index in [0.29, 0.717) is 11.5 Å². The van der Waals surface area contributed by atoms with Crippen LogP contribution in [-0.4, -0.2) is 51.9 Å². The van der Waals surface area contributed by atoms with Gasteiger partial charge in [-0.2, -0.15) is 0 Å². The second-order valence-electron chi connectivity index (χ2n) is 7.50. The van der Waals surface area contributed by atoms with Crippen LogP contribution >= 0.6 is 0 Å². The third-order valence-corrected chi connectivity index (χ3v) is 6.87. The highest BCUT2D eigenvalue weighted by Crippen LogP contribution is 2.25. The first kappa shape index (κ1) is 19.3. The van der Waals surface area contributed by atoms with Crippen molar-refractivity contribution in [2.24, 2.45) is 5.92 Å². The predicted molar refractivity (Wildman–Crippen MR) is 102 cm³/mol. The summed E-state index contributed by atoms with van der Waals surface area (Å²) in [6.45, 7) is 4.34. The van der Waals surface area contributed by atoms with Crippen molar-refractivity contribution in [3.8, 4) is 0 Å². The van der Waals surface area contributed by atoms with Gasteiger partial charge >= 0.3 is 0 Å². The van der Waals surface area contributed by atoms with Gasteiger partial charge in [0.25, 0.3) is 5.91 Å². The van der Waals surface area contributed by atoms with Gasteiger partial charge in [0.2, 0.25) is 10.0 Å². The minimum Gasteiger partial charge on any atom is -0.339 e. The summed E-state index contributed by atoms with van der Waals surface area (Å²) in [5.74, 6) is 0.597. The number of nitrogens with one attached hydrogen (secondary N) is 2. The first-order chi connectivity index (χ1) is 12.4. The largest absolute Gasteiger partial charge is 0.339 e. The fourth-order valence-corrected chi connectivity index (χ4v) is 4.76. The number of likely N-dealkylation sites (tertiary alicyclic amines) is 1. The molecule has 1 heterocycles. The summed E-state index contributed by atoms with van der Waals surface area (Å²) in [4.78, 5) is 15.0. The van der Waals surface area contributed by atoms with Crippen LogP contribution in [0.25, 0.3) is 0 Å². The van der Waals surface area contributed by atoms with E-state index in [-0.39, 0.29) is 16.8 Å². The number of aryl methyl sites for hydroxylation is 1. The van der Waals surface area contributed by atoms with Crippen LogP contribution in [-0.2, 0) is 10.0 Å². The molecule has 144 valence electrons. The van der Waals surface area contributed by atoms with E-state index in [9.17, 15) is 13.2 Å². The van der Waals surface area contributed by atoms with Crippen LogP contribution in [0.5, 0.6) is 0 Å². The van der Waals surface area contributed by atoms with Crippen LogP contribution in [0.2, 0.25) is 0 Å². The monoisotopic (exact) mass is 379 g/mol. The van der Waals surface area contributed by atoms with Gasteiger partial charge in [0.05, 0.1) is 4.90 Å². The smallest absolute Gasteiger partial charge is 0.254 e. The molecule has 1 amide bonds. The summed E-state index contributed by atoms with van der Waals surface area (Å²) >= 11 is 0. The highest BCUT2D eigenvalue weighted by molar-refractivity contribution is 7.89. The van der Waals surface area contributed by atoms with E-state index < -0.39 is 10.0 Å². The van der Waals surface area contributed by atoms with Gasteiger partial charge in [-0.3, -0.25) is 4.79 Å². The van der Waals surface area contributed by atoms with Crippen LogP contribution in [0.1, 0.15) is 48.0 Å². The number of carbonyl (C=O) groups is 1. The summed E-state index contributed by atoms with van der Waals surface area (Å²) in [7, 11) is -1.59. The van der Waals surface area contributed by atoms with Gasteiger partial charge in [-0.25, -0.2) is 13.1 Å². The molecular formula is C19H29N3O3S. The van der Waals surface area contributed by atoms with Crippen LogP contribution < -0.4 is 10.0 Å². The maximum Gasteiger partial charge on any atom is 0.254 e. The summed E-state index contributed by atoms with van der Waals surface area (Å²) in [5, 5.41) is 3.18. The number of amides is 1. The third-order valence-electron chi connectivity index (χ3n) is 5.35. The fourth-order valence-electron chi connectivity index (χ4n) is 3.43. The maximum absolute atomic E-state index is 13.0. The lowest BCUT2D eigenvalue weighted by Crippen LogP contribution is -2.39. The Morgan fingerprint density at radius 3 is 2.50 bits per heavy atom. The Kier molecular flexibility index (Phi) is 5.99. The standard InChI is InChI=1S/C19H29N3O3S/c1-14-3-6-17(26(24,25)21-16-4-5-16)13-18(14)19(23)22-11-8-15(9-12-22)7-10-20-2/h3,6,13,15-16,20-21H,4-5,7-12H2,1-2H3. The number of sulfonamides is 1. The highest BCUT2D eigenvalue weighted by Gasteiger charge is 2.29. The third kappa shape index (κ3) is 4.64. The minimum atomic E-state index is -3.55. The molecule has 0 atom stereocenters. The van der Waals surface area contributed by atoms with E-state index in [1.807, 2.05) is 18.9 Å². The Morgan fingerprint density at radius 2 is 1.88 bits per heavy atom. The Hall–Kier alpha value is -1.44. The predicted octanol–water partition coefficient (Wildman–Crippen LogP) is 1.90. The number of piperidine rings is 1. The number of nitrogens with zero attached hydrogens (tertiary/aromatic N) is 1. The average molecular weight is 380 g/mol. The number of rotatable bonds is 7. The quantitative estimate of drug-likeness (QED) is 0.758. The SMILES string of the molecule is CNCCC1CCN(C(=O)c2cc(S(=O)(=O)NC3CC3)ccc2C)CC1. The van der Waals surface area contributed by atoms with Crippen LogP contribution in [0.3, 0.4) is 0 Å². The van der Waals surface area contributed by atoms with E-state index in [1.54, 1.807) is 12.1 Å². The van der Waals surface area contributed by atoms with Crippen LogP contribution in [0, 0.1) is 12.8 Å². The molecule has 0 radical (unpaired) electrons. The lowest BCUT2D eigenvalue weighted by Gasteiger charge is -2.32. The molecule has 1 aromatic carbocycles. The molecular weight excluding hydrogens is 350 g/mol. The zero-order valence-corrected chi connectivity index (χ0v) is 16.4. The summed E-state index contributed by atoms with van der Waals surface area (Å²) in [6, 6.07) is 4.90. The summed E-state index contributed by atoms with van der Waals surface area (Å²) in [5.41, 5.74) is 1.31. The van der Waals surface area contributed by atoms with Crippen LogP contribution in [0.4, 0.5) is 0 Å². The van der Waals surface area contributed by atoms with Crippen molar-refractivity contribution in [3.63, 3.8) is 0 Å². The van der Waals surface area contributed by atoms with Gasteiger partial charge < -0.3 is 10.2 Å². The molecule has 0 bridgehead atoms. The molecule has 7 heteroatoms. The molecule has 0 spiro atoms. The molecule has 26 heavy (non-hydrogen) atoms. The second-order valence-corrected chi connectivity index (χ2v) is 9.21. The van der Waals surface area contributed by atoms with Crippen molar-refractivity contribution in [2.75, 3.05) is 26.7 Å². The van der Waals surface area contributed by atoms with Crippen molar-refractivity contribution < 1.29 is 13.2 Å². The number of benzene rings is 1. The summed E-state index contributed by atoms with van der Waals surface area (Å²) in [6.07, 6.45) is 4.93. The molecule has 2 aliphatic rings. The molecule has 1 saturated carbocycles. The zero-order chi connectivity index (χ0) is 18.7. The molecule has 6 nitrogen and oxygen atoms in total. The van der Waals surface area contributed by atoms with E-state index in [1.165, 1.54) is 6.07 Å². The Morgan fingerprint density at radius 1 is 1.19 bits per heavy atom. The number of hydrogen-bond donors (Lipinski definition) is 2. The molecule has 1 saturated heterocycles. The van der Waals surface area contributed by atoms with Gasteiger partial charge in [0.15, 0.2) is 0 Å². The van der Waals surface area contributed by atoms with Crippen molar-refractivity contribution in [3.05, 3.63) is 29.3 Å². The molecule has 1 aromatic rings. The molecule has 0 unspecified atom stereocenters. The highest BCUT2D eigenvalue weighted by atomic mass is 32.2. The van der Waals surface area contributed by atoms with E-state index in [2.05, 4.69) is 10.0 Å². The minimum absolute atomic E-state index is 0.0529. The molecule has 2 fully saturated rings. The van der Waals surface area contributed by atoms with E-state index in [4.69, 9.17) is 0 Å². The first-order valence-electron chi connectivity index (χ1n) is 9.47. The second kappa shape index (κ2) is 8.06. The van der Waals surface area contributed by atoms with Gasteiger partial charge in [-0.05, 0) is 76.2 Å². The van der Waals surface area contributed by atoms with Crippen molar-refractivity contribution in [1.29, 1.82) is 0 Å². The Balaban J connectivity index is 1.70. The Bertz CT molecular complexity index is 751. The number of hydrogen-bond acceptors (Lipinski definition) is 4. The van der Waals surface area contributed by atoms with Crippen LogP contribution in [0.15, 0.2) is 23.1 Å². The number of carbonyl (C=O) groups excluding carboxylic acids is 1. The molecule has 3 rings (SSSR count). The fraction of sp³-hybridized carbons (Fsp3) is 0.632. The molecule has 2 N–H and O–H groups in total. The molecule has 1 aliphatic heterocycles. The topological polar surface area (TPSA) is 78.5 Å². The van der Waals surface area contributed by atoms with Crippen molar-refractivity contribution in [2.45, 2.75) is 50.0 Å². The van der Waals surface area contributed by atoms with Gasteiger partial charge in [-0.15, -0.1) is 0 Å². The van der Waals surface area contributed by atoms with Gasteiger partial charge in [-0.1, -0.05) is 6.07 Å². The Labute approximate surface area is 156 Å². The normalized spacial score (nSPS) is 18.9. The summed E-state index contributed by atoms with van der Waals surface area (Å²) < 4.78 is 27.6. The average Bonchev–Trinajstić information content (AvgIpc) is 3.43. The lowest BCUT2D eigenvalue weighted by molar-refractivity contribution is 0.0686. The van der Waals surface area contributed by atoms with Crippen molar-refractivity contribution in [1.82, 2.24) is 14.9 Å². The molecule has 0 aromatic heterocycles.